The lowest BCUT2D eigenvalue weighted by molar-refractivity contribution is -0.141. The minimum Gasteiger partial charge on any atom is -0.481 e. The van der Waals surface area contributed by atoms with Crippen molar-refractivity contribution < 1.29 is 78.9 Å². The second kappa shape index (κ2) is 34.1. The number of fused-ring (bicyclic) bond motifs is 1. The fourth-order valence-corrected chi connectivity index (χ4v) is 8.13. The van der Waals surface area contributed by atoms with Crippen LogP contribution in [0.5, 0.6) is 0 Å². The number of carboxylic acids is 7. The molecule has 2 aromatic carbocycles. The topological polar surface area (TPSA) is 390 Å². The Balaban J connectivity index is 1.58. The molecule has 3 rings (SSSR count). The van der Waals surface area contributed by atoms with E-state index in [4.69, 9.17) is 22.4 Å². The molecule has 0 spiro atoms. The molecule has 0 saturated heterocycles. The van der Waals surface area contributed by atoms with Gasteiger partial charge in [-0.1, -0.05) is 36.4 Å². The summed E-state index contributed by atoms with van der Waals surface area (Å²) < 4.78 is 0. The smallest absolute Gasteiger partial charge is 0.326 e. The molecule has 0 radical (unpaired) electrons. The van der Waals surface area contributed by atoms with Crippen molar-refractivity contribution in [3.8, 4) is 0 Å². The van der Waals surface area contributed by atoms with Crippen LogP contribution in [0, 0.1) is 0 Å². The van der Waals surface area contributed by atoms with Gasteiger partial charge in [-0.05, 0) is 86.3 Å². The number of carbonyl (C=O) groups excluding carboxylic acids is 2. The van der Waals surface area contributed by atoms with Gasteiger partial charge in [-0.3, -0.25) is 43.6 Å². The molecule has 2 unspecified atom stereocenters. The molecule has 0 aliphatic heterocycles. The molecule has 3 atom stereocenters. The van der Waals surface area contributed by atoms with Crippen molar-refractivity contribution in [3.05, 3.63) is 72.1 Å². The number of nitrogens with one attached hydrogen (secondary N) is 6. The summed E-state index contributed by atoms with van der Waals surface area (Å²) in [5, 5.41) is 83.6. The van der Waals surface area contributed by atoms with E-state index in [9.17, 15) is 68.7 Å². The predicted octanol–water partition coefficient (Wildman–Crippen LogP) is 0.994. The quantitative estimate of drug-likeness (QED) is 0.0280. The first-order valence-corrected chi connectivity index (χ1v) is 24.8. The number of urea groups is 1. The highest BCUT2D eigenvalue weighted by molar-refractivity contribution is 7.80. The van der Waals surface area contributed by atoms with E-state index < -0.39 is 85.3 Å². The monoisotopic (exact) mass is 1080 g/mol. The fraction of sp³-hybridized carbons (Fsp3) is 0.490. The molecule has 13 N–H and O–H groups in total. The van der Waals surface area contributed by atoms with Crippen molar-refractivity contribution in [1.29, 1.82) is 0 Å². The zero-order valence-electron chi connectivity index (χ0n) is 41.9. The van der Waals surface area contributed by atoms with E-state index in [1.54, 1.807) is 45.2 Å². The molecule has 0 saturated carbocycles. The van der Waals surface area contributed by atoms with Gasteiger partial charge in [0.15, 0.2) is 5.11 Å². The standard InChI is InChI=1S/C49H68N10O16S/c60-40(59(29-39-36-8-2-1-7-33(36)17-19-52-39)21-6-4-9-37(46(71)72)55-48(75)56-38(47(73)74)15-16-41(61)62)10-3-5-18-53-49(76)54-34-13-11-32(12-14-34)25-35(26-51-28-43(65)66)58(31-45(69)70)24-23-57(30-44(67)68)22-20-50-27-42(63)64/h1-2,7-8,11-14,17,19,35,37-38,50-51H,3-6,9-10,15-16,18,20-31H2,(H,61,62)(H,63,64)(H,65,66)(H,67,68)(H,69,70)(H,71,72)(H,73,74)(H2,53,54,76)(H2,55,56,75)/t35?,37-,38?/m0/s1. The molecule has 76 heavy (non-hydrogen) atoms. The maximum atomic E-state index is 13.8. The Morgan fingerprint density at radius 1 is 0.618 bits per heavy atom. The molecule has 3 amide bonds. The number of carboxylic acid groups (broad SMARTS) is 7. The van der Waals surface area contributed by atoms with Gasteiger partial charge in [-0.25, -0.2) is 14.4 Å². The molecule has 1 aromatic heterocycles. The van der Waals surface area contributed by atoms with Crippen LogP contribution in [0.3, 0.4) is 0 Å². The Morgan fingerprint density at radius 2 is 1.28 bits per heavy atom. The van der Waals surface area contributed by atoms with Crippen LogP contribution >= 0.6 is 12.2 Å². The van der Waals surface area contributed by atoms with Crippen LogP contribution in [-0.2, 0) is 51.3 Å². The highest BCUT2D eigenvalue weighted by Crippen LogP contribution is 2.20. The molecule has 3 aromatic rings. The number of hydrogen-bond acceptors (Lipinski definition) is 15. The summed E-state index contributed by atoms with van der Waals surface area (Å²) >= 11 is 5.52. The Bertz CT molecular complexity index is 2430. The van der Waals surface area contributed by atoms with Gasteiger partial charge in [0.2, 0.25) is 5.91 Å². The van der Waals surface area contributed by atoms with Crippen LogP contribution in [-0.4, -0.2) is 204 Å². The summed E-state index contributed by atoms with van der Waals surface area (Å²) in [5.74, 6) is -8.72. The zero-order chi connectivity index (χ0) is 56.0. The van der Waals surface area contributed by atoms with Gasteiger partial charge in [0.1, 0.15) is 12.1 Å². The maximum Gasteiger partial charge on any atom is 0.326 e. The molecule has 0 bridgehead atoms. The molecular formula is C49H68N10O16S. The summed E-state index contributed by atoms with van der Waals surface area (Å²) in [5.41, 5.74) is 2.08. The summed E-state index contributed by atoms with van der Waals surface area (Å²) in [6, 6.07) is 12.0. The number of anilines is 1. The minimum atomic E-state index is -1.55. The summed E-state index contributed by atoms with van der Waals surface area (Å²) in [6.07, 6.45) is 2.78. The number of aromatic nitrogens is 1. The molecular weight excluding hydrogens is 1020 g/mol. The fourth-order valence-electron chi connectivity index (χ4n) is 7.91. The van der Waals surface area contributed by atoms with Crippen molar-refractivity contribution in [1.82, 2.24) is 46.3 Å². The van der Waals surface area contributed by atoms with E-state index >= 15 is 0 Å². The van der Waals surface area contributed by atoms with Crippen LogP contribution in [0.4, 0.5) is 10.5 Å². The molecule has 27 heteroatoms. The SMILES string of the molecule is O=C(O)CCC(NC(=O)N[C@@H](CCCCN(Cc1nccc2ccccc12)C(=O)CCCCNC(=S)Nc1ccc(CC(CNCC(=O)O)N(CCN(CCNCC(=O)O)CC(=O)O)CC(=O)O)cc1)C(=O)O)C(=O)O. The molecule has 416 valence electrons. The number of rotatable bonds is 39. The molecule has 1 heterocycles. The number of hydrogen-bond donors (Lipinski definition) is 13. The normalized spacial score (nSPS) is 12.3. The van der Waals surface area contributed by atoms with Crippen LogP contribution < -0.4 is 31.9 Å². The largest absolute Gasteiger partial charge is 0.481 e. The van der Waals surface area contributed by atoms with Crippen molar-refractivity contribution in [2.45, 2.75) is 82.5 Å². The lowest BCUT2D eigenvalue weighted by Crippen LogP contribution is -2.51. The van der Waals surface area contributed by atoms with Crippen LogP contribution in [0.25, 0.3) is 10.8 Å². The van der Waals surface area contributed by atoms with Crippen LogP contribution in [0.2, 0.25) is 0 Å². The van der Waals surface area contributed by atoms with Crippen molar-refractivity contribution >= 4 is 87.5 Å². The second-order valence-electron chi connectivity index (χ2n) is 17.6. The van der Waals surface area contributed by atoms with Gasteiger partial charge in [0.25, 0.3) is 0 Å². The van der Waals surface area contributed by atoms with Gasteiger partial charge in [-0.15, -0.1) is 0 Å². The summed E-state index contributed by atoms with van der Waals surface area (Å²) in [4.78, 5) is 116. The lowest BCUT2D eigenvalue weighted by Gasteiger charge is -2.33. The van der Waals surface area contributed by atoms with E-state index in [1.165, 1.54) is 0 Å². The Hall–Kier alpha value is -7.59. The summed E-state index contributed by atoms with van der Waals surface area (Å²) in [6.45, 7) is 0.00673. The average molecular weight is 1090 g/mol. The summed E-state index contributed by atoms with van der Waals surface area (Å²) in [7, 11) is 0. The van der Waals surface area contributed by atoms with E-state index in [2.05, 4.69) is 36.9 Å². The van der Waals surface area contributed by atoms with Gasteiger partial charge in [0.05, 0.1) is 38.4 Å². The van der Waals surface area contributed by atoms with E-state index in [0.717, 1.165) is 16.3 Å². The van der Waals surface area contributed by atoms with Gasteiger partial charge >= 0.3 is 47.8 Å². The third kappa shape index (κ3) is 25.6. The number of unbranched alkanes of at least 4 members (excludes halogenated alkanes) is 2. The first-order valence-electron chi connectivity index (χ1n) is 24.4. The Labute approximate surface area is 443 Å². The van der Waals surface area contributed by atoms with Gasteiger partial charge < -0.3 is 72.5 Å². The number of thiocarbonyl (C=S) groups is 1. The molecule has 0 fully saturated rings. The van der Waals surface area contributed by atoms with Crippen LogP contribution in [0.1, 0.15) is 62.6 Å². The highest BCUT2D eigenvalue weighted by Gasteiger charge is 2.26. The third-order valence-electron chi connectivity index (χ3n) is 11.7. The predicted molar refractivity (Wildman–Crippen MR) is 279 cm³/mol. The lowest BCUT2D eigenvalue weighted by atomic mass is 10.0. The highest BCUT2D eigenvalue weighted by atomic mass is 32.1. The Morgan fingerprint density at radius 3 is 1.92 bits per heavy atom. The number of carbonyl (C=O) groups is 9. The molecule has 26 nitrogen and oxygen atoms in total. The van der Waals surface area contributed by atoms with Crippen LogP contribution in [0.15, 0.2) is 60.8 Å². The van der Waals surface area contributed by atoms with E-state index in [0.29, 0.717) is 42.3 Å². The van der Waals surface area contributed by atoms with Gasteiger partial charge in [0, 0.05) is 82.0 Å². The molecule has 0 aliphatic rings. The van der Waals surface area contributed by atoms with Crippen molar-refractivity contribution in [2.24, 2.45) is 0 Å². The van der Waals surface area contributed by atoms with Crippen molar-refractivity contribution in [3.63, 3.8) is 0 Å². The maximum absolute atomic E-state index is 13.8. The zero-order valence-corrected chi connectivity index (χ0v) is 42.7. The van der Waals surface area contributed by atoms with Gasteiger partial charge in [-0.2, -0.15) is 0 Å². The third-order valence-corrected chi connectivity index (χ3v) is 12.0. The second-order valence-corrected chi connectivity index (χ2v) is 18.1. The van der Waals surface area contributed by atoms with E-state index in [1.807, 2.05) is 30.3 Å². The number of benzene rings is 2. The first kappa shape index (κ1) is 62.7. The van der Waals surface area contributed by atoms with E-state index in [-0.39, 0.29) is 97.0 Å². The number of pyridine rings is 1. The minimum absolute atomic E-state index is 0.0478. The number of aliphatic carboxylic acids is 7. The Kier molecular flexibility index (Phi) is 28.1. The number of nitrogens with zero attached hydrogens (tertiary/aromatic N) is 4. The molecule has 0 aliphatic carbocycles. The van der Waals surface area contributed by atoms with Crippen molar-refractivity contribution in [2.75, 3.05) is 77.3 Å². The first-order chi connectivity index (χ1) is 36.2. The number of amides is 3. The average Bonchev–Trinajstić information content (AvgIpc) is 3.35.